The molecule has 0 saturated heterocycles. The van der Waals surface area contributed by atoms with Gasteiger partial charge in [0, 0.05) is 19.3 Å². The van der Waals surface area contributed by atoms with Crippen LogP contribution >= 0.6 is 0 Å². The van der Waals surface area contributed by atoms with E-state index in [4.69, 9.17) is 4.74 Å². The van der Waals surface area contributed by atoms with Crippen molar-refractivity contribution < 1.29 is 19.4 Å². The zero-order valence-corrected chi connectivity index (χ0v) is 21.8. The van der Waals surface area contributed by atoms with Gasteiger partial charge in [0.1, 0.15) is 6.10 Å². The molecule has 0 spiro atoms. The van der Waals surface area contributed by atoms with Crippen molar-refractivity contribution >= 4 is 11.8 Å². The topological polar surface area (TPSA) is 63.6 Å². The molecule has 4 aliphatic carbocycles. The van der Waals surface area contributed by atoms with Crippen LogP contribution in [0.2, 0.25) is 0 Å². The molecule has 0 aromatic rings. The molecule has 3 saturated carbocycles. The van der Waals surface area contributed by atoms with E-state index in [0.29, 0.717) is 35.9 Å². The summed E-state index contributed by atoms with van der Waals surface area (Å²) >= 11 is 0. The Labute approximate surface area is 200 Å². The molecule has 4 rings (SSSR count). The molecular formula is C29H46O4. The fraction of sp³-hybridized carbons (Fsp3) is 0.862. The number of carbonyl (C=O) groups excluding carboxylic acids is 2. The second-order valence-corrected chi connectivity index (χ2v) is 13.0. The van der Waals surface area contributed by atoms with Gasteiger partial charge in [0.25, 0.3) is 0 Å². The van der Waals surface area contributed by atoms with Crippen molar-refractivity contribution in [3.05, 3.63) is 11.6 Å². The number of rotatable bonds is 6. The average molecular weight is 459 g/mol. The standard InChI is InChI=1S/C29H46O4/c1-18(2)8-7-13-29(6,32)26-25(33-19(3)30)17-24-22-10-9-20-16-21(31)11-14-27(20,4)23(22)12-15-28(24,26)5/h16,18,22-26,32H,7-15,17H2,1-6H3/t22-,23+,24+,25+,26+,27+,28+,29?/m1/s1. The van der Waals surface area contributed by atoms with Gasteiger partial charge in [-0.05, 0) is 92.4 Å². The highest BCUT2D eigenvalue weighted by Crippen LogP contribution is 2.68. The Bertz CT molecular complexity index is 810. The van der Waals surface area contributed by atoms with Gasteiger partial charge in [0.15, 0.2) is 5.78 Å². The number of allylic oxidation sites excluding steroid dienone is 1. The quantitative estimate of drug-likeness (QED) is 0.478. The van der Waals surface area contributed by atoms with E-state index >= 15 is 0 Å². The first-order valence-corrected chi connectivity index (χ1v) is 13.5. The van der Waals surface area contributed by atoms with Gasteiger partial charge in [0.05, 0.1) is 5.60 Å². The van der Waals surface area contributed by atoms with Crippen molar-refractivity contribution in [1.29, 1.82) is 0 Å². The van der Waals surface area contributed by atoms with Crippen LogP contribution < -0.4 is 0 Å². The van der Waals surface area contributed by atoms with Gasteiger partial charge in [-0.3, -0.25) is 9.59 Å². The number of hydrogen-bond acceptors (Lipinski definition) is 4. The van der Waals surface area contributed by atoms with E-state index in [1.165, 1.54) is 12.5 Å². The molecule has 0 radical (unpaired) electrons. The summed E-state index contributed by atoms with van der Waals surface area (Å²) < 4.78 is 5.97. The zero-order chi connectivity index (χ0) is 24.2. The molecule has 4 nitrogen and oxygen atoms in total. The summed E-state index contributed by atoms with van der Waals surface area (Å²) in [5.74, 6) is 2.30. The number of carbonyl (C=O) groups is 2. The van der Waals surface area contributed by atoms with Crippen LogP contribution in [0.3, 0.4) is 0 Å². The van der Waals surface area contributed by atoms with Crippen LogP contribution in [0.4, 0.5) is 0 Å². The SMILES string of the molecule is CC(=O)O[C@H]1C[C@H]2[C@@H]3CCC4=CC(=O)CC[C@]4(C)[C@H]3CC[C@]2(C)[C@H]1C(C)(O)CCCC(C)C. The summed E-state index contributed by atoms with van der Waals surface area (Å²) in [4.78, 5) is 24.2. The Hall–Kier alpha value is -1.16. The number of fused-ring (bicyclic) bond motifs is 5. The van der Waals surface area contributed by atoms with Crippen LogP contribution in [0.25, 0.3) is 0 Å². The lowest BCUT2D eigenvalue weighted by Gasteiger charge is -2.58. The van der Waals surface area contributed by atoms with E-state index in [-0.39, 0.29) is 28.8 Å². The van der Waals surface area contributed by atoms with Crippen LogP contribution in [0.5, 0.6) is 0 Å². The van der Waals surface area contributed by atoms with Crippen LogP contribution in [0, 0.1) is 40.4 Å². The number of ketones is 1. The molecule has 0 aromatic carbocycles. The molecule has 0 aromatic heterocycles. The summed E-state index contributed by atoms with van der Waals surface area (Å²) in [7, 11) is 0. The molecule has 0 bridgehead atoms. The molecule has 0 heterocycles. The van der Waals surface area contributed by atoms with Gasteiger partial charge < -0.3 is 9.84 Å². The molecule has 4 heteroatoms. The summed E-state index contributed by atoms with van der Waals surface area (Å²) in [6.07, 6.45) is 11.5. The molecule has 3 fully saturated rings. The summed E-state index contributed by atoms with van der Waals surface area (Å²) in [6, 6.07) is 0. The smallest absolute Gasteiger partial charge is 0.302 e. The Balaban J connectivity index is 1.63. The van der Waals surface area contributed by atoms with E-state index in [1.54, 1.807) is 0 Å². The largest absolute Gasteiger partial charge is 0.462 e. The van der Waals surface area contributed by atoms with Gasteiger partial charge in [-0.1, -0.05) is 46.1 Å². The van der Waals surface area contributed by atoms with Crippen molar-refractivity contribution in [1.82, 2.24) is 0 Å². The summed E-state index contributed by atoms with van der Waals surface area (Å²) in [5.41, 5.74) is 0.652. The Morgan fingerprint density at radius 2 is 1.94 bits per heavy atom. The fourth-order valence-corrected chi connectivity index (χ4v) is 9.01. The average Bonchev–Trinajstić information content (AvgIpc) is 3.00. The Kier molecular flexibility index (Phi) is 6.66. The van der Waals surface area contributed by atoms with Crippen LogP contribution in [-0.2, 0) is 14.3 Å². The minimum absolute atomic E-state index is 0.0231. The van der Waals surface area contributed by atoms with Crippen molar-refractivity contribution in [3.8, 4) is 0 Å². The van der Waals surface area contributed by atoms with E-state index in [9.17, 15) is 14.7 Å². The van der Waals surface area contributed by atoms with E-state index in [2.05, 4.69) is 27.7 Å². The second kappa shape index (κ2) is 8.81. The van der Waals surface area contributed by atoms with Gasteiger partial charge >= 0.3 is 5.97 Å². The summed E-state index contributed by atoms with van der Waals surface area (Å²) in [6.45, 7) is 12.8. The molecular weight excluding hydrogens is 412 g/mol. The normalized spacial score (nSPS) is 42.1. The third kappa shape index (κ3) is 4.34. The molecule has 186 valence electrons. The fourth-order valence-electron chi connectivity index (χ4n) is 9.01. The predicted octanol–water partition coefficient (Wildman–Crippen LogP) is 6.25. The van der Waals surface area contributed by atoms with Gasteiger partial charge in [-0.2, -0.15) is 0 Å². The minimum Gasteiger partial charge on any atom is -0.462 e. The van der Waals surface area contributed by atoms with Crippen LogP contribution in [-0.4, -0.2) is 28.6 Å². The number of esters is 1. The van der Waals surface area contributed by atoms with E-state index in [0.717, 1.165) is 57.8 Å². The lowest BCUT2D eigenvalue weighted by Crippen LogP contribution is -2.54. The molecule has 1 N–H and O–H groups in total. The Morgan fingerprint density at radius 1 is 1.21 bits per heavy atom. The van der Waals surface area contributed by atoms with Gasteiger partial charge in [0.2, 0.25) is 0 Å². The predicted molar refractivity (Wildman–Crippen MR) is 130 cm³/mol. The third-order valence-electron chi connectivity index (χ3n) is 10.4. The van der Waals surface area contributed by atoms with E-state index < -0.39 is 5.60 Å². The second-order valence-electron chi connectivity index (χ2n) is 13.0. The maximum absolute atomic E-state index is 12.1. The molecule has 0 amide bonds. The lowest BCUT2D eigenvalue weighted by molar-refractivity contribution is -0.161. The molecule has 1 unspecified atom stereocenters. The third-order valence-corrected chi connectivity index (χ3v) is 10.4. The minimum atomic E-state index is -0.841. The van der Waals surface area contributed by atoms with E-state index in [1.807, 2.05) is 13.0 Å². The first kappa shape index (κ1) is 24.9. The number of hydrogen-bond donors (Lipinski definition) is 1. The molecule has 8 atom stereocenters. The van der Waals surface area contributed by atoms with Crippen molar-refractivity contribution in [2.24, 2.45) is 40.4 Å². The van der Waals surface area contributed by atoms with Gasteiger partial charge in [-0.15, -0.1) is 0 Å². The first-order chi connectivity index (χ1) is 15.4. The molecule has 0 aliphatic heterocycles. The lowest BCUT2D eigenvalue weighted by atomic mass is 9.46. The molecule has 4 aliphatic rings. The summed E-state index contributed by atoms with van der Waals surface area (Å²) in [5, 5.41) is 11.8. The monoisotopic (exact) mass is 458 g/mol. The number of aliphatic hydroxyl groups is 1. The first-order valence-electron chi connectivity index (χ1n) is 13.5. The highest BCUT2D eigenvalue weighted by Gasteiger charge is 2.65. The Morgan fingerprint density at radius 3 is 2.61 bits per heavy atom. The zero-order valence-electron chi connectivity index (χ0n) is 21.8. The van der Waals surface area contributed by atoms with Crippen molar-refractivity contribution in [3.63, 3.8) is 0 Å². The highest BCUT2D eigenvalue weighted by molar-refractivity contribution is 5.91. The van der Waals surface area contributed by atoms with Crippen LogP contribution in [0.1, 0.15) is 106 Å². The van der Waals surface area contributed by atoms with Crippen molar-refractivity contribution in [2.45, 2.75) is 117 Å². The molecule has 33 heavy (non-hydrogen) atoms. The van der Waals surface area contributed by atoms with Crippen molar-refractivity contribution in [2.75, 3.05) is 0 Å². The van der Waals surface area contributed by atoms with Crippen LogP contribution in [0.15, 0.2) is 11.6 Å². The number of ether oxygens (including phenoxy) is 1. The maximum Gasteiger partial charge on any atom is 0.302 e. The highest BCUT2D eigenvalue weighted by atomic mass is 16.5. The van der Waals surface area contributed by atoms with Gasteiger partial charge in [-0.25, -0.2) is 0 Å². The maximum atomic E-state index is 12.1.